The van der Waals surface area contributed by atoms with E-state index in [2.05, 4.69) is 31.0 Å². The Balaban J connectivity index is 1.83. The van der Waals surface area contributed by atoms with E-state index in [1.54, 1.807) is 24.3 Å². The van der Waals surface area contributed by atoms with Crippen molar-refractivity contribution >= 4 is 11.6 Å². The van der Waals surface area contributed by atoms with Gasteiger partial charge in [0.15, 0.2) is 5.76 Å². The number of rotatable bonds is 2. The van der Waals surface area contributed by atoms with E-state index in [4.69, 9.17) is 4.42 Å². The van der Waals surface area contributed by atoms with Gasteiger partial charge in [-0.3, -0.25) is 4.79 Å². The van der Waals surface area contributed by atoms with Crippen LogP contribution in [0.2, 0.25) is 0 Å². The number of H-pyrrole nitrogens is 1. The molecule has 10 heteroatoms. The number of halogens is 1. The summed E-state index contributed by atoms with van der Waals surface area (Å²) in [5.41, 5.74) is 1.52. The maximum absolute atomic E-state index is 13.4. The average molecular weight is 351 g/mol. The van der Waals surface area contributed by atoms with Crippen LogP contribution in [-0.2, 0) is 0 Å². The molecule has 4 heterocycles. The van der Waals surface area contributed by atoms with E-state index in [0.717, 1.165) is 0 Å². The van der Waals surface area contributed by atoms with Crippen molar-refractivity contribution in [3.63, 3.8) is 0 Å². The van der Waals surface area contributed by atoms with Crippen LogP contribution < -0.4 is 10.9 Å². The fraction of sp³-hybridized carbons (Fsp3) is 0.0625. The Morgan fingerprint density at radius 2 is 2.04 bits per heavy atom. The van der Waals surface area contributed by atoms with Gasteiger partial charge in [-0.05, 0) is 40.3 Å². The zero-order chi connectivity index (χ0) is 17.7. The second-order valence-corrected chi connectivity index (χ2v) is 5.69. The van der Waals surface area contributed by atoms with Crippen LogP contribution >= 0.6 is 0 Å². The minimum absolute atomic E-state index is 0.267. The molecular formula is C16H10FN7O2. The Morgan fingerprint density at radius 3 is 2.81 bits per heavy atom. The van der Waals surface area contributed by atoms with Crippen LogP contribution in [-0.4, -0.2) is 30.4 Å². The molecule has 0 fully saturated rings. The number of anilines is 2. The molecule has 1 aliphatic rings. The summed E-state index contributed by atoms with van der Waals surface area (Å²) >= 11 is 0. The SMILES string of the molecule is O=c1[nH]nc(-c2ccco2)c2c1Nc1nnnn1[C@H]2c1ccc(F)cc1. The molecule has 1 atom stereocenters. The molecule has 3 aromatic heterocycles. The lowest BCUT2D eigenvalue weighted by molar-refractivity contribution is 0.553. The number of furan rings is 1. The first-order valence-electron chi connectivity index (χ1n) is 7.69. The number of nitrogens with zero attached hydrogens (tertiary/aromatic N) is 5. The minimum Gasteiger partial charge on any atom is -0.463 e. The Morgan fingerprint density at radius 1 is 1.19 bits per heavy atom. The summed E-state index contributed by atoms with van der Waals surface area (Å²) in [5, 5.41) is 21.1. The highest BCUT2D eigenvalue weighted by atomic mass is 19.1. The molecule has 0 spiro atoms. The summed E-state index contributed by atoms with van der Waals surface area (Å²) in [6.07, 6.45) is 1.51. The van der Waals surface area contributed by atoms with Gasteiger partial charge in [-0.25, -0.2) is 9.49 Å². The molecule has 0 radical (unpaired) electrons. The van der Waals surface area contributed by atoms with Crippen LogP contribution in [0.3, 0.4) is 0 Å². The molecule has 1 aliphatic heterocycles. The molecule has 0 unspecified atom stereocenters. The number of benzene rings is 1. The zero-order valence-corrected chi connectivity index (χ0v) is 13.0. The largest absolute Gasteiger partial charge is 0.463 e. The van der Waals surface area contributed by atoms with Gasteiger partial charge in [-0.2, -0.15) is 9.78 Å². The van der Waals surface area contributed by atoms with E-state index < -0.39 is 11.6 Å². The van der Waals surface area contributed by atoms with Crippen LogP contribution in [0.1, 0.15) is 17.2 Å². The van der Waals surface area contributed by atoms with E-state index in [9.17, 15) is 9.18 Å². The van der Waals surface area contributed by atoms with Crippen molar-refractivity contribution < 1.29 is 8.81 Å². The Hall–Kier alpha value is -3.82. The summed E-state index contributed by atoms with van der Waals surface area (Å²) < 4.78 is 20.4. The number of hydrogen-bond acceptors (Lipinski definition) is 7. The Bertz CT molecular complexity index is 1150. The lowest BCUT2D eigenvalue weighted by Crippen LogP contribution is -2.29. The highest BCUT2D eigenvalue weighted by molar-refractivity contribution is 5.73. The monoisotopic (exact) mass is 351 g/mol. The number of hydrogen-bond donors (Lipinski definition) is 2. The number of tetrazole rings is 1. The van der Waals surface area contributed by atoms with Crippen molar-refractivity contribution in [1.82, 2.24) is 30.4 Å². The highest BCUT2D eigenvalue weighted by Gasteiger charge is 2.34. The molecule has 4 aromatic rings. The standard InChI is InChI=1S/C16H10FN7O2/c17-9-5-3-8(4-6-9)14-11-12(10-2-1-7-26-10)19-20-15(25)13(11)18-16-21-22-23-24(14)16/h1-7,14H,(H,20,25)(H,18,21,23)/t14-/m0/s1. The molecule has 0 saturated carbocycles. The summed E-state index contributed by atoms with van der Waals surface area (Å²) in [4.78, 5) is 12.4. The van der Waals surface area contributed by atoms with Gasteiger partial charge in [0.25, 0.3) is 5.56 Å². The maximum atomic E-state index is 13.4. The molecule has 0 aliphatic carbocycles. The average Bonchev–Trinajstić information content (AvgIpc) is 3.33. The van der Waals surface area contributed by atoms with Gasteiger partial charge >= 0.3 is 0 Å². The third-order valence-electron chi connectivity index (χ3n) is 4.21. The molecule has 0 amide bonds. The van der Waals surface area contributed by atoms with Crippen LogP contribution in [0.5, 0.6) is 0 Å². The molecule has 0 bridgehead atoms. The second kappa shape index (κ2) is 5.34. The van der Waals surface area contributed by atoms with Gasteiger partial charge in [-0.1, -0.05) is 17.2 Å². The topological polar surface area (TPSA) is 115 Å². The van der Waals surface area contributed by atoms with E-state index in [1.165, 1.54) is 23.1 Å². The molecule has 26 heavy (non-hydrogen) atoms. The number of aromatic nitrogens is 6. The van der Waals surface area contributed by atoms with E-state index in [0.29, 0.717) is 28.5 Å². The molecule has 0 saturated heterocycles. The van der Waals surface area contributed by atoms with Gasteiger partial charge in [0.1, 0.15) is 23.2 Å². The van der Waals surface area contributed by atoms with Crippen molar-refractivity contribution in [2.75, 3.05) is 5.32 Å². The molecule has 2 N–H and O–H groups in total. The third-order valence-corrected chi connectivity index (χ3v) is 4.21. The first kappa shape index (κ1) is 14.5. The predicted molar refractivity (Wildman–Crippen MR) is 87.3 cm³/mol. The zero-order valence-electron chi connectivity index (χ0n) is 13.0. The van der Waals surface area contributed by atoms with Crippen molar-refractivity contribution in [1.29, 1.82) is 0 Å². The molecule has 1 aromatic carbocycles. The summed E-state index contributed by atoms with van der Waals surface area (Å²) in [6.45, 7) is 0. The fourth-order valence-electron chi connectivity index (χ4n) is 3.09. The normalized spacial score (nSPS) is 15.2. The van der Waals surface area contributed by atoms with Gasteiger partial charge in [0, 0.05) is 5.56 Å². The smallest absolute Gasteiger partial charge is 0.288 e. The predicted octanol–water partition coefficient (Wildman–Crippen LogP) is 1.85. The maximum Gasteiger partial charge on any atom is 0.288 e. The van der Waals surface area contributed by atoms with Crippen LogP contribution in [0.15, 0.2) is 51.9 Å². The first-order chi connectivity index (χ1) is 12.7. The second-order valence-electron chi connectivity index (χ2n) is 5.69. The highest BCUT2D eigenvalue weighted by Crippen LogP contribution is 2.40. The van der Waals surface area contributed by atoms with E-state index in [-0.39, 0.29) is 11.5 Å². The number of aromatic amines is 1. The molecule has 9 nitrogen and oxygen atoms in total. The van der Waals surface area contributed by atoms with Crippen molar-refractivity contribution in [2.45, 2.75) is 6.04 Å². The van der Waals surface area contributed by atoms with Crippen molar-refractivity contribution in [3.05, 3.63) is 70.0 Å². The van der Waals surface area contributed by atoms with Gasteiger partial charge < -0.3 is 9.73 Å². The van der Waals surface area contributed by atoms with Gasteiger partial charge in [0.2, 0.25) is 5.95 Å². The summed E-state index contributed by atoms with van der Waals surface area (Å²) in [6, 6.07) is 8.80. The molecular weight excluding hydrogens is 341 g/mol. The number of nitrogens with one attached hydrogen (secondary N) is 2. The van der Waals surface area contributed by atoms with Crippen LogP contribution in [0, 0.1) is 5.82 Å². The van der Waals surface area contributed by atoms with Gasteiger partial charge in [0.05, 0.1) is 6.26 Å². The van der Waals surface area contributed by atoms with Crippen LogP contribution in [0.25, 0.3) is 11.5 Å². The number of fused-ring (bicyclic) bond motifs is 2. The quantitative estimate of drug-likeness (QED) is 0.499. The molecule has 128 valence electrons. The molecule has 5 rings (SSSR count). The minimum atomic E-state index is -0.577. The van der Waals surface area contributed by atoms with Crippen LogP contribution in [0.4, 0.5) is 16.0 Å². The fourth-order valence-corrected chi connectivity index (χ4v) is 3.09. The lowest BCUT2D eigenvalue weighted by atomic mass is 9.94. The Kier molecular flexibility index (Phi) is 2.98. The lowest BCUT2D eigenvalue weighted by Gasteiger charge is -2.27. The van der Waals surface area contributed by atoms with E-state index in [1.807, 2.05) is 0 Å². The van der Waals surface area contributed by atoms with Gasteiger partial charge in [-0.15, -0.1) is 0 Å². The Labute approximate surface area is 144 Å². The first-order valence-corrected chi connectivity index (χ1v) is 7.69. The third kappa shape index (κ3) is 2.05. The van der Waals surface area contributed by atoms with E-state index >= 15 is 0 Å². The summed E-state index contributed by atoms with van der Waals surface area (Å²) in [7, 11) is 0. The van der Waals surface area contributed by atoms with Crippen molar-refractivity contribution in [3.8, 4) is 11.5 Å². The summed E-state index contributed by atoms with van der Waals surface area (Å²) in [5.74, 6) is 0.409. The van der Waals surface area contributed by atoms with Crippen molar-refractivity contribution in [2.24, 2.45) is 0 Å².